The zero-order valence-electron chi connectivity index (χ0n) is 11.3. The molecule has 3 nitrogen and oxygen atoms in total. The molecule has 19 heavy (non-hydrogen) atoms. The van der Waals surface area contributed by atoms with E-state index in [2.05, 4.69) is 47.0 Å². The van der Waals surface area contributed by atoms with E-state index in [4.69, 9.17) is 5.73 Å². The van der Waals surface area contributed by atoms with Crippen molar-refractivity contribution in [1.29, 1.82) is 0 Å². The second-order valence-corrected chi connectivity index (χ2v) is 6.79. The zero-order chi connectivity index (χ0) is 13.6. The lowest BCUT2D eigenvalue weighted by Gasteiger charge is -2.18. The lowest BCUT2D eigenvalue weighted by Crippen LogP contribution is -2.16. The van der Waals surface area contributed by atoms with Gasteiger partial charge in [-0.05, 0) is 36.0 Å². The zero-order valence-corrected chi connectivity index (χ0v) is 12.9. The van der Waals surface area contributed by atoms with Gasteiger partial charge in [0, 0.05) is 10.0 Å². The summed E-state index contributed by atoms with van der Waals surface area (Å²) in [7, 11) is 0. The highest BCUT2D eigenvalue weighted by atomic mass is 79.9. The number of nitrogens with zero attached hydrogens (tertiary/aromatic N) is 2. The molecule has 0 saturated carbocycles. The fraction of sp³-hybridized carbons (Fsp3) is 0.400. The Morgan fingerprint density at radius 1 is 1.42 bits per heavy atom. The Morgan fingerprint density at radius 3 is 2.89 bits per heavy atom. The van der Waals surface area contributed by atoms with Crippen LogP contribution in [0.25, 0.3) is 0 Å². The minimum absolute atomic E-state index is 0.162. The number of benzene rings is 1. The fourth-order valence-electron chi connectivity index (χ4n) is 2.92. The average Bonchev–Trinajstić information content (AvgIpc) is 2.79. The molecule has 100 valence electrons. The number of hydrogen-bond donors (Lipinski definition) is 1. The second-order valence-electron chi connectivity index (χ2n) is 5.88. The van der Waals surface area contributed by atoms with Crippen molar-refractivity contribution in [3.8, 4) is 0 Å². The minimum Gasteiger partial charge on any atom is -0.384 e. The predicted molar refractivity (Wildman–Crippen MR) is 81.2 cm³/mol. The van der Waals surface area contributed by atoms with Gasteiger partial charge in [-0.2, -0.15) is 5.10 Å². The maximum absolute atomic E-state index is 6.30. The number of fused-ring (bicyclic) bond motifs is 1. The Labute approximate surface area is 121 Å². The number of rotatable bonds is 2. The van der Waals surface area contributed by atoms with Crippen molar-refractivity contribution in [2.24, 2.45) is 0 Å². The van der Waals surface area contributed by atoms with Gasteiger partial charge in [-0.1, -0.05) is 41.9 Å². The van der Waals surface area contributed by atoms with Crippen LogP contribution in [0, 0.1) is 0 Å². The van der Waals surface area contributed by atoms with Crippen molar-refractivity contribution >= 4 is 21.7 Å². The van der Waals surface area contributed by atoms with Gasteiger partial charge in [-0.15, -0.1) is 0 Å². The van der Waals surface area contributed by atoms with Crippen LogP contribution in [-0.2, 0) is 18.4 Å². The van der Waals surface area contributed by atoms with Gasteiger partial charge in [0.2, 0.25) is 0 Å². The first-order valence-corrected chi connectivity index (χ1v) is 7.37. The van der Waals surface area contributed by atoms with Gasteiger partial charge in [-0.25, -0.2) is 4.68 Å². The van der Waals surface area contributed by atoms with Crippen LogP contribution < -0.4 is 5.73 Å². The van der Waals surface area contributed by atoms with E-state index in [1.807, 2.05) is 16.8 Å². The Bertz CT molecular complexity index is 628. The molecule has 1 aliphatic carbocycles. The van der Waals surface area contributed by atoms with E-state index in [1.54, 1.807) is 0 Å². The van der Waals surface area contributed by atoms with E-state index in [9.17, 15) is 0 Å². The molecule has 0 radical (unpaired) electrons. The van der Waals surface area contributed by atoms with Crippen LogP contribution in [0.15, 0.2) is 28.7 Å². The number of nitrogen functional groups attached to an aromatic ring is 1. The molecule has 1 heterocycles. The molecule has 4 heteroatoms. The predicted octanol–water partition coefficient (Wildman–Crippen LogP) is 3.50. The normalized spacial score (nSPS) is 16.6. The Kier molecular flexibility index (Phi) is 2.93. The van der Waals surface area contributed by atoms with E-state index in [-0.39, 0.29) is 5.41 Å². The van der Waals surface area contributed by atoms with Crippen LogP contribution >= 0.6 is 15.9 Å². The highest BCUT2D eigenvalue weighted by Crippen LogP contribution is 2.41. The molecular weight excluding hydrogens is 302 g/mol. The molecule has 0 spiro atoms. The number of nitrogens with two attached hydrogens (primary N) is 1. The molecule has 1 aromatic carbocycles. The molecule has 0 amide bonds. The van der Waals surface area contributed by atoms with Gasteiger partial charge in [0.25, 0.3) is 0 Å². The minimum atomic E-state index is 0.162. The summed E-state index contributed by atoms with van der Waals surface area (Å²) in [4.78, 5) is 0. The van der Waals surface area contributed by atoms with Gasteiger partial charge in [0.05, 0.1) is 12.2 Å². The number of anilines is 1. The SMILES string of the molecule is CC1(C)CCc2nn(Cc3cccc(Br)c3)c(N)c21. The highest BCUT2D eigenvalue weighted by molar-refractivity contribution is 9.10. The summed E-state index contributed by atoms with van der Waals surface area (Å²) in [6.45, 7) is 5.23. The highest BCUT2D eigenvalue weighted by Gasteiger charge is 2.35. The van der Waals surface area contributed by atoms with Crippen LogP contribution in [0.3, 0.4) is 0 Å². The Hall–Kier alpha value is -1.29. The molecule has 3 rings (SSSR count). The molecule has 2 N–H and O–H groups in total. The van der Waals surface area contributed by atoms with Crippen LogP contribution in [0.5, 0.6) is 0 Å². The van der Waals surface area contributed by atoms with E-state index in [0.29, 0.717) is 0 Å². The van der Waals surface area contributed by atoms with Crippen LogP contribution in [0.4, 0.5) is 5.82 Å². The average molecular weight is 320 g/mol. The lowest BCUT2D eigenvalue weighted by molar-refractivity contribution is 0.515. The summed E-state index contributed by atoms with van der Waals surface area (Å²) in [5.74, 6) is 0.831. The van der Waals surface area contributed by atoms with Crippen molar-refractivity contribution in [3.63, 3.8) is 0 Å². The maximum Gasteiger partial charge on any atom is 0.126 e. The molecule has 0 unspecified atom stereocenters. The molecule has 0 atom stereocenters. The number of aromatic nitrogens is 2. The first-order valence-electron chi connectivity index (χ1n) is 6.57. The van der Waals surface area contributed by atoms with Crippen molar-refractivity contribution in [2.75, 3.05) is 5.73 Å². The topological polar surface area (TPSA) is 43.8 Å². The third-order valence-corrected chi connectivity index (χ3v) is 4.44. The monoisotopic (exact) mass is 319 g/mol. The molecule has 1 aliphatic rings. The third kappa shape index (κ3) is 2.18. The number of aryl methyl sites for hydroxylation is 1. The molecule has 2 aromatic rings. The number of hydrogen-bond acceptors (Lipinski definition) is 2. The maximum atomic E-state index is 6.30. The van der Waals surface area contributed by atoms with E-state index < -0.39 is 0 Å². The third-order valence-electron chi connectivity index (χ3n) is 3.95. The van der Waals surface area contributed by atoms with Crippen LogP contribution in [-0.4, -0.2) is 9.78 Å². The van der Waals surface area contributed by atoms with Crippen molar-refractivity contribution in [1.82, 2.24) is 9.78 Å². The smallest absolute Gasteiger partial charge is 0.126 e. The van der Waals surface area contributed by atoms with Crippen molar-refractivity contribution in [3.05, 3.63) is 45.6 Å². The van der Waals surface area contributed by atoms with Gasteiger partial charge in [-0.3, -0.25) is 0 Å². The van der Waals surface area contributed by atoms with Crippen molar-refractivity contribution in [2.45, 2.75) is 38.6 Å². The largest absolute Gasteiger partial charge is 0.384 e. The molecular formula is C15H18BrN3. The van der Waals surface area contributed by atoms with Crippen molar-refractivity contribution < 1.29 is 0 Å². The number of halogens is 1. The van der Waals surface area contributed by atoms with Crippen LogP contribution in [0.1, 0.15) is 37.1 Å². The molecule has 1 aromatic heterocycles. The van der Waals surface area contributed by atoms with Gasteiger partial charge < -0.3 is 5.73 Å². The Balaban J connectivity index is 1.96. The first kappa shape index (κ1) is 12.7. The first-order chi connectivity index (χ1) is 8.97. The standard InChI is InChI=1S/C15H18BrN3/c1-15(2)7-6-12-13(15)14(17)19(18-12)9-10-4-3-5-11(16)8-10/h3-5,8H,6-7,9,17H2,1-2H3. The summed E-state index contributed by atoms with van der Waals surface area (Å²) < 4.78 is 3.02. The lowest BCUT2D eigenvalue weighted by atomic mass is 9.87. The Morgan fingerprint density at radius 2 is 2.21 bits per heavy atom. The summed E-state index contributed by atoms with van der Waals surface area (Å²) in [5.41, 5.74) is 10.1. The summed E-state index contributed by atoms with van der Waals surface area (Å²) in [5, 5.41) is 4.69. The van der Waals surface area contributed by atoms with Gasteiger partial charge in [0.15, 0.2) is 0 Å². The fourth-order valence-corrected chi connectivity index (χ4v) is 3.37. The van der Waals surface area contributed by atoms with E-state index >= 15 is 0 Å². The van der Waals surface area contributed by atoms with E-state index in [0.717, 1.165) is 29.7 Å². The van der Waals surface area contributed by atoms with Crippen LogP contribution in [0.2, 0.25) is 0 Å². The molecule has 0 saturated heterocycles. The molecule has 0 aliphatic heterocycles. The molecule has 0 bridgehead atoms. The molecule has 0 fully saturated rings. The quantitative estimate of drug-likeness (QED) is 0.920. The van der Waals surface area contributed by atoms with E-state index in [1.165, 1.54) is 16.8 Å². The van der Waals surface area contributed by atoms with Gasteiger partial charge >= 0.3 is 0 Å². The summed E-state index contributed by atoms with van der Waals surface area (Å²) in [6, 6.07) is 8.27. The second kappa shape index (κ2) is 4.37. The summed E-state index contributed by atoms with van der Waals surface area (Å²) in [6.07, 6.45) is 2.19. The van der Waals surface area contributed by atoms with Gasteiger partial charge in [0.1, 0.15) is 5.82 Å². The summed E-state index contributed by atoms with van der Waals surface area (Å²) >= 11 is 3.50.